The number of carbonyl (C=O) groups excluding carboxylic acids is 1. The van der Waals surface area contributed by atoms with Crippen LogP contribution in [0, 0.1) is 10.1 Å². The van der Waals surface area contributed by atoms with Gasteiger partial charge in [-0.3, -0.25) is 14.9 Å². The third-order valence-electron chi connectivity index (χ3n) is 3.70. The van der Waals surface area contributed by atoms with E-state index in [1.165, 1.54) is 35.4 Å². The van der Waals surface area contributed by atoms with Crippen LogP contribution in [0.4, 0.5) is 11.4 Å². The van der Waals surface area contributed by atoms with Crippen LogP contribution in [-0.4, -0.2) is 10.8 Å². The largest absolute Gasteiger partial charge is 0.322 e. The van der Waals surface area contributed by atoms with Gasteiger partial charge in [-0.15, -0.1) is 0 Å². The number of nitro benzene ring substituents is 1. The molecule has 21 heavy (non-hydrogen) atoms. The minimum atomic E-state index is -0.484. The molecule has 1 aliphatic rings. The van der Waals surface area contributed by atoms with Gasteiger partial charge in [0.05, 0.1) is 4.92 Å². The van der Waals surface area contributed by atoms with Gasteiger partial charge in [0.1, 0.15) is 0 Å². The van der Waals surface area contributed by atoms with Crippen LogP contribution in [0.1, 0.15) is 27.9 Å². The lowest BCUT2D eigenvalue weighted by Gasteiger charge is -2.07. The number of fused-ring (bicyclic) bond motifs is 1. The van der Waals surface area contributed by atoms with E-state index in [4.69, 9.17) is 0 Å². The number of carbonyl (C=O) groups is 1. The van der Waals surface area contributed by atoms with Crippen molar-refractivity contribution in [3.63, 3.8) is 0 Å². The predicted molar refractivity (Wildman–Crippen MR) is 79.5 cm³/mol. The smallest absolute Gasteiger partial charge is 0.269 e. The van der Waals surface area contributed by atoms with Crippen molar-refractivity contribution in [1.82, 2.24) is 0 Å². The number of non-ortho nitro benzene ring substituents is 1. The molecule has 1 amide bonds. The van der Waals surface area contributed by atoms with E-state index in [1.807, 2.05) is 18.2 Å². The van der Waals surface area contributed by atoms with Crippen LogP contribution in [0.15, 0.2) is 42.5 Å². The lowest BCUT2D eigenvalue weighted by atomic mass is 10.1. The number of rotatable bonds is 3. The molecule has 0 atom stereocenters. The molecule has 2 aromatic rings. The van der Waals surface area contributed by atoms with E-state index < -0.39 is 4.92 Å². The first kappa shape index (κ1) is 13.3. The highest BCUT2D eigenvalue weighted by Crippen LogP contribution is 2.25. The SMILES string of the molecule is O=C(Nc1ccc2c(c1)CCC2)c1ccc([N+](=O)[O-])cc1. The second-order valence-corrected chi connectivity index (χ2v) is 5.10. The summed E-state index contributed by atoms with van der Waals surface area (Å²) in [4.78, 5) is 22.2. The molecule has 0 aliphatic heterocycles. The van der Waals surface area contributed by atoms with Gasteiger partial charge < -0.3 is 5.32 Å². The minimum absolute atomic E-state index is 0.0240. The third kappa shape index (κ3) is 2.76. The van der Waals surface area contributed by atoms with Crippen LogP contribution in [-0.2, 0) is 12.8 Å². The monoisotopic (exact) mass is 282 g/mol. The van der Waals surface area contributed by atoms with Crippen molar-refractivity contribution in [2.45, 2.75) is 19.3 Å². The van der Waals surface area contributed by atoms with Gasteiger partial charge in [-0.1, -0.05) is 6.07 Å². The van der Waals surface area contributed by atoms with Gasteiger partial charge in [0.25, 0.3) is 11.6 Å². The van der Waals surface area contributed by atoms with E-state index in [-0.39, 0.29) is 11.6 Å². The number of anilines is 1. The number of nitro groups is 1. The quantitative estimate of drug-likeness (QED) is 0.693. The van der Waals surface area contributed by atoms with Crippen LogP contribution < -0.4 is 5.32 Å². The fourth-order valence-corrected chi connectivity index (χ4v) is 2.59. The highest BCUT2D eigenvalue weighted by molar-refractivity contribution is 6.04. The maximum atomic E-state index is 12.1. The Labute approximate surface area is 121 Å². The standard InChI is InChI=1S/C16H14N2O3/c19-16(12-5-8-15(9-6-12)18(20)21)17-14-7-4-11-2-1-3-13(11)10-14/h4-10H,1-3H2,(H,17,19). The summed E-state index contributed by atoms with van der Waals surface area (Å²) in [6, 6.07) is 11.5. The van der Waals surface area contributed by atoms with Crippen LogP contribution in [0.5, 0.6) is 0 Å². The fourth-order valence-electron chi connectivity index (χ4n) is 2.59. The third-order valence-corrected chi connectivity index (χ3v) is 3.70. The number of hydrogen-bond acceptors (Lipinski definition) is 3. The number of benzene rings is 2. The molecule has 0 heterocycles. The first-order valence-corrected chi connectivity index (χ1v) is 6.81. The number of aryl methyl sites for hydroxylation is 2. The van der Waals surface area contributed by atoms with Crippen molar-refractivity contribution >= 4 is 17.3 Å². The first-order valence-electron chi connectivity index (χ1n) is 6.81. The Morgan fingerprint density at radius 3 is 2.48 bits per heavy atom. The molecule has 0 saturated carbocycles. The van der Waals surface area contributed by atoms with Gasteiger partial charge in [-0.2, -0.15) is 0 Å². The molecule has 5 nitrogen and oxygen atoms in total. The topological polar surface area (TPSA) is 72.2 Å². The fraction of sp³-hybridized carbons (Fsp3) is 0.188. The Bertz CT molecular complexity index is 708. The molecular weight excluding hydrogens is 268 g/mol. The van der Waals surface area contributed by atoms with Gasteiger partial charge in [-0.05, 0) is 54.7 Å². The van der Waals surface area contributed by atoms with Crippen molar-refractivity contribution in [3.05, 3.63) is 69.3 Å². The van der Waals surface area contributed by atoms with Crippen LogP contribution in [0.3, 0.4) is 0 Å². The normalized spacial score (nSPS) is 12.8. The molecule has 0 aromatic heterocycles. The van der Waals surface area contributed by atoms with Crippen molar-refractivity contribution in [2.75, 3.05) is 5.32 Å². The Balaban J connectivity index is 1.75. The Morgan fingerprint density at radius 2 is 1.76 bits per heavy atom. The van der Waals surface area contributed by atoms with Gasteiger partial charge in [0.15, 0.2) is 0 Å². The molecule has 5 heteroatoms. The summed E-state index contributed by atoms with van der Waals surface area (Å²) >= 11 is 0. The molecule has 2 aromatic carbocycles. The summed E-state index contributed by atoms with van der Waals surface area (Å²) in [6.45, 7) is 0. The molecule has 1 N–H and O–H groups in total. The first-order chi connectivity index (χ1) is 10.1. The minimum Gasteiger partial charge on any atom is -0.322 e. The molecule has 3 rings (SSSR count). The van der Waals surface area contributed by atoms with Crippen LogP contribution in [0.2, 0.25) is 0 Å². The molecular formula is C16H14N2O3. The van der Waals surface area contributed by atoms with E-state index in [0.717, 1.165) is 24.9 Å². The Morgan fingerprint density at radius 1 is 1.05 bits per heavy atom. The molecule has 0 saturated heterocycles. The van der Waals surface area contributed by atoms with Gasteiger partial charge in [-0.25, -0.2) is 0 Å². The van der Waals surface area contributed by atoms with Crippen LogP contribution in [0.25, 0.3) is 0 Å². The summed E-state index contributed by atoms with van der Waals surface area (Å²) in [5, 5.41) is 13.4. The van der Waals surface area contributed by atoms with Gasteiger partial charge in [0, 0.05) is 23.4 Å². The molecule has 106 valence electrons. The van der Waals surface area contributed by atoms with Gasteiger partial charge in [0.2, 0.25) is 0 Å². The molecule has 0 radical (unpaired) electrons. The summed E-state index contributed by atoms with van der Waals surface area (Å²) in [5.74, 6) is -0.261. The average Bonchev–Trinajstić information content (AvgIpc) is 2.95. The van der Waals surface area contributed by atoms with E-state index in [9.17, 15) is 14.9 Å². The van der Waals surface area contributed by atoms with E-state index in [1.54, 1.807) is 0 Å². The maximum absolute atomic E-state index is 12.1. The summed E-state index contributed by atoms with van der Waals surface area (Å²) in [6.07, 6.45) is 3.32. The number of nitrogens with one attached hydrogen (secondary N) is 1. The molecule has 1 aliphatic carbocycles. The lowest BCUT2D eigenvalue weighted by molar-refractivity contribution is -0.384. The maximum Gasteiger partial charge on any atom is 0.269 e. The van der Waals surface area contributed by atoms with Crippen molar-refractivity contribution in [1.29, 1.82) is 0 Å². The highest BCUT2D eigenvalue weighted by Gasteiger charge is 2.13. The summed E-state index contributed by atoms with van der Waals surface area (Å²) in [7, 11) is 0. The number of nitrogens with zero attached hydrogens (tertiary/aromatic N) is 1. The summed E-state index contributed by atoms with van der Waals surface area (Å²) in [5.41, 5.74) is 3.78. The molecule has 0 unspecified atom stereocenters. The number of hydrogen-bond donors (Lipinski definition) is 1. The second-order valence-electron chi connectivity index (χ2n) is 5.10. The lowest BCUT2D eigenvalue weighted by Crippen LogP contribution is -2.12. The van der Waals surface area contributed by atoms with E-state index >= 15 is 0 Å². The predicted octanol–water partition coefficient (Wildman–Crippen LogP) is 3.34. The van der Waals surface area contributed by atoms with E-state index in [0.29, 0.717) is 5.56 Å². The van der Waals surface area contributed by atoms with Crippen molar-refractivity contribution in [2.24, 2.45) is 0 Å². The molecule has 0 bridgehead atoms. The molecule has 0 fully saturated rings. The Kier molecular flexibility index (Phi) is 3.39. The summed E-state index contributed by atoms with van der Waals surface area (Å²) < 4.78 is 0. The Hall–Kier alpha value is -2.69. The second kappa shape index (κ2) is 5.36. The van der Waals surface area contributed by atoms with Gasteiger partial charge >= 0.3 is 0 Å². The highest BCUT2D eigenvalue weighted by atomic mass is 16.6. The zero-order valence-electron chi connectivity index (χ0n) is 11.3. The van der Waals surface area contributed by atoms with E-state index in [2.05, 4.69) is 5.32 Å². The van der Waals surface area contributed by atoms with Crippen LogP contribution >= 0.6 is 0 Å². The molecule has 0 spiro atoms. The number of amides is 1. The van der Waals surface area contributed by atoms with Crippen molar-refractivity contribution in [3.8, 4) is 0 Å². The van der Waals surface area contributed by atoms with Crippen molar-refractivity contribution < 1.29 is 9.72 Å². The average molecular weight is 282 g/mol. The zero-order chi connectivity index (χ0) is 14.8. The zero-order valence-corrected chi connectivity index (χ0v) is 11.3.